The maximum absolute atomic E-state index is 6.24. The maximum atomic E-state index is 6.24. The second-order valence-electron chi connectivity index (χ2n) is 4.47. The summed E-state index contributed by atoms with van der Waals surface area (Å²) in [5.74, 6) is 0. The second-order valence-corrected chi connectivity index (χ2v) is 5.79. The zero-order valence-electron chi connectivity index (χ0n) is 9.88. The van der Waals surface area contributed by atoms with Gasteiger partial charge in [0.05, 0.1) is 6.61 Å². The van der Waals surface area contributed by atoms with Gasteiger partial charge in [-0.1, -0.05) is 33.6 Å². The molecule has 1 aromatic rings. The minimum Gasteiger partial charge on any atom is -0.380 e. The zero-order valence-corrected chi connectivity index (χ0v) is 12.2. The summed E-state index contributed by atoms with van der Waals surface area (Å²) in [7, 11) is 0. The third kappa shape index (κ3) is 3.68. The predicted octanol–water partition coefficient (Wildman–Crippen LogP) is 3.93. The van der Waals surface area contributed by atoms with Crippen molar-refractivity contribution in [2.45, 2.75) is 31.8 Å². The number of nitrogens with one attached hydrogen (secondary N) is 1. The van der Waals surface area contributed by atoms with Gasteiger partial charge in [0.1, 0.15) is 0 Å². The Morgan fingerprint density at radius 2 is 2.35 bits per heavy atom. The fraction of sp³-hybridized carbons (Fsp3) is 0.538. The fourth-order valence-electron chi connectivity index (χ4n) is 2.17. The molecule has 0 amide bonds. The lowest BCUT2D eigenvalue weighted by Gasteiger charge is -2.27. The topological polar surface area (TPSA) is 21.3 Å². The number of halogens is 2. The Bertz CT molecular complexity index is 380. The van der Waals surface area contributed by atoms with Crippen LogP contribution in [0, 0.1) is 0 Å². The van der Waals surface area contributed by atoms with Gasteiger partial charge in [-0.2, -0.15) is 0 Å². The molecule has 0 bridgehead atoms. The van der Waals surface area contributed by atoms with Gasteiger partial charge in [-0.15, -0.1) is 0 Å². The van der Waals surface area contributed by atoms with Crippen LogP contribution in [0.4, 0.5) is 0 Å². The SMILES string of the molecule is CC(NC1CCCOC1)c1ccc(Br)cc1Cl. The molecule has 2 nitrogen and oxygen atoms in total. The lowest BCUT2D eigenvalue weighted by molar-refractivity contribution is 0.0671. The van der Waals surface area contributed by atoms with Crippen LogP contribution in [0.5, 0.6) is 0 Å². The molecular weight excluding hydrogens is 302 g/mol. The first-order valence-corrected chi connectivity index (χ1v) is 7.12. The van der Waals surface area contributed by atoms with E-state index >= 15 is 0 Å². The molecule has 2 atom stereocenters. The molecule has 2 unspecified atom stereocenters. The Balaban J connectivity index is 2.00. The lowest BCUT2D eigenvalue weighted by Crippen LogP contribution is -2.38. The van der Waals surface area contributed by atoms with E-state index in [1.165, 1.54) is 6.42 Å². The molecule has 1 aromatic carbocycles. The van der Waals surface area contributed by atoms with E-state index in [2.05, 4.69) is 34.2 Å². The Morgan fingerprint density at radius 1 is 1.53 bits per heavy atom. The summed E-state index contributed by atoms with van der Waals surface area (Å²) in [6.07, 6.45) is 2.32. The van der Waals surface area contributed by atoms with Gasteiger partial charge in [-0.25, -0.2) is 0 Å². The van der Waals surface area contributed by atoms with Gasteiger partial charge in [0.25, 0.3) is 0 Å². The number of ether oxygens (including phenoxy) is 1. The highest BCUT2D eigenvalue weighted by atomic mass is 79.9. The smallest absolute Gasteiger partial charge is 0.0619 e. The highest BCUT2D eigenvalue weighted by Crippen LogP contribution is 2.27. The minimum absolute atomic E-state index is 0.252. The van der Waals surface area contributed by atoms with E-state index in [9.17, 15) is 0 Å². The van der Waals surface area contributed by atoms with Crippen molar-refractivity contribution in [3.63, 3.8) is 0 Å². The van der Waals surface area contributed by atoms with E-state index in [0.717, 1.165) is 34.7 Å². The van der Waals surface area contributed by atoms with Crippen LogP contribution >= 0.6 is 27.5 Å². The molecule has 0 saturated carbocycles. The third-order valence-corrected chi connectivity index (χ3v) is 3.90. The van der Waals surface area contributed by atoms with Crippen LogP contribution in [0.1, 0.15) is 31.4 Å². The quantitative estimate of drug-likeness (QED) is 0.911. The number of hydrogen-bond acceptors (Lipinski definition) is 2. The number of hydrogen-bond donors (Lipinski definition) is 1. The van der Waals surface area contributed by atoms with Crippen molar-refractivity contribution in [3.05, 3.63) is 33.3 Å². The summed E-state index contributed by atoms with van der Waals surface area (Å²) >= 11 is 9.66. The van der Waals surface area contributed by atoms with Crippen molar-refractivity contribution < 1.29 is 4.74 Å². The minimum atomic E-state index is 0.252. The number of benzene rings is 1. The van der Waals surface area contributed by atoms with Crippen molar-refractivity contribution in [3.8, 4) is 0 Å². The van der Waals surface area contributed by atoms with Crippen molar-refractivity contribution in [1.82, 2.24) is 5.32 Å². The summed E-state index contributed by atoms with van der Waals surface area (Å²) in [6, 6.07) is 6.72. The normalized spacial score (nSPS) is 22.4. The average molecular weight is 319 g/mol. The second kappa shape index (κ2) is 6.19. The Labute approximate surface area is 116 Å². The summed E-state index contributed by atoms with van der Waals surface area (Å²) in [5, 5.41) is 4.37. The summed E-state index contributed by atoms with van der Waals surface area (Å²) in [6.45, 7) is 3.84. The largest absolute Gasteiger partial charge is 0.380 e. The zero-order chi connectivity index (χ0) is 12.3. The van der Waals surface area contributed by atoms with Crippen LogP contribution in [0.2, 0.25) is 5.02 Å². The van der Waals surface area contributed by atoms with E-state index in [0.29, 0.717) is 6.04 Å². The molecule has 0 aliphatic carbocycles. The molecule has 2 rings (SSSR count). The molecule has 0 aromatic heterocycles. The molecule has 0 radical (unpaired) electrons. The van der Waals surface area contributed by atoms with Gasteiger partial charge >= 0.3 is 0 Å². The molecule has 0 spiro atoms. The van der Waals surface area contributed by atoms with Gasteiger partial charge in [0.15, 0.2) is 0 Å². The third-order valence-electron chi connectivity index (χ3n) is 3.08. The molecule has 1 N–H and O–H groups in total. The Morgan fingerprint density at radius 3 is 3.00 bits per heavy atom. The summed E-state index contributed by atoms with van der Waals surface area (Å²) < 4.78 is 6.48. The maximum Gasteiger partial charge on any atom is 0.0619 e. The molecule has 17 heavy (non-hydrogen) atoms. The first-order chi connectivity index (χ1) is 8.16. The molecular formula is C13H17BrClNO. The van der Waals surface area contributed by atoms with E-state index in [1.54, 1.807) is 0 Å². The fourth-order valence-corrected chi connectivity index (χ4v) is 3.01. The highest BCUT2D eigenvalue weighted by Gasteiger charge is 2.18. The molecule has 4 heteroatoms. The molecule has 1 aliphatic rings. The van der Waals surface area contributed by atoms with Crippen LogP contribution in [-0.2, 0) is 4.74 Å². The van der Waals surface area contributed by atoms with E-state index < -0.39 is 0 Å². The van der Waals surface area contributed by atoms with Gasteiger partial charge < -0.3 is 10.1 Å². The standard InChI is InChI=1S/C13H17BrClNO/c1-9(16-11-3-2-6-17-8-11)12-5-4-10(14)7-13(12)15/h4-5,7,9,11,16H,2-3,6,8H2,1H3. The first-order valence-electron chi connectivity index (χ1n) is 5.95. The van der Waals surface area contributed by atoms with Gasteiger partial charge in [-0.3, -0.25) is 0 Å². The summed E-state index contributed by atoms with van der Waals surface area (Å²) in [4.78, 5) is 0. The lowest BCUT2D eigenvalue weighted by atomic mass is 10.0. The van der Waals surface area contributed by atoms with Crippen molar-refractivity contribution in [2.24, 2.45) is 0 Å². The average Bonchev–Trinajstić information content (AvgIpc) is 2.30. The van der Waals surface area contributed by atoms with Gasteiger partial charge in [0, 0.05) is 28.2 Å². The molecule has 1 aliphatic heterocycles. The van der Waals surface area contributed by atoms with Crippen LogP contribution in [0.25, 0.3) is 0 Å². The van der Waals surface area contributed by atoms with E-state index in [4.69, 9.17) is 16.3 Å². The summed E-state index contributed by atoms with van der Waals surface area (Å²) in [5.41, 5.74) is 1.14. The van der Waals surface area contributed by atoms with Gasteiger partial charge in [0.2, 0.25) is 0 Å². The van der Waals surface area contributed by atoms with E-state index in [1.807, 2.05) is 12.1 Å². The van der Waals surface area contributed by atoms with E-state index in [-0.39, 0.29) is 6.04 Å². The van der Waals surface area contributed by atoms with Crippen LogP contribution in [0.3, 0.4) is 0 Å². The van der Waals surface area contributed by atoms with Crippen LogP contribution in [-0.4, -0.2) is 19.3 Å². The molecule has 1 saturated heterocycles. The van der Waals surface area contributed by atoms with Gasteiger partial charge in [-0.05, 0) is 37.5 Å². The molecule has 94 valence electrons. The van der Waals surface area contributed by atoms with Crippen LogP contribution < -0.4 is 5.32 Å². The Kier molecular flexibility index (Phi) is 4.86. The van der Waals surface area contributed by atoms with Crippen molar-refractivity contribution in [1.29, 1.82) is 0 Å². The van der Waals surface area contributed by atoms with Crippen molar-refractivity contribution in [2.75, 3.05) is 13.2 Å². The van der Waals surface area contributed by atoms with Crippen molar-refractivity contribution >= 4 is 27.5 Å². The monoisotopic (exact) mass is 317 g/mol. The van der Waals surface area contributed by atoms with Crippen LogP contribution in [0.15, 0.2) is 22.7 Å². The highest BCUT2D eigenvalue weighted by molar-refractivity contribution is 9.10. The predicted molar refractivity (Wildman–Crippen MR) is 74.5 cm³/mol. The molecule has 1 fully saturated rings. The first kappa shape index (κ1) is 13.3. The number of rotatable bonds is 3. The molecule has 1 heterocycles. The Hall–Kier alpha value is -0.0900.